The van der Waals surface area contributed by atoms with Crippen molar-refractivity contribution in [2.75, 3.05) is 5.32 Å². The standard InChI is InChI=1S/C13H14F3N5O2/c1-6-7(5-20(2)18-6)8-3-10(13(14,15)16)21-11(17-8)4-9(19-21)12(22)23/h4-5,8,10,17H,3H2,1-2H3,(H,22,23). The summed E-state index contributed by atoms with van der Waals surface area (Å²) >= 11 is 0. The molecule has 0 saturated carbocycles. The molecule has 23 heavy (non-hydrogen) atoms. The van der Waals surface area contributed by atoms with E-state index in [-0.39, 0.29) is 12.2 Å². The molecule has 0 spiro atoms. The first kappa shape index (κ1) is 15.4. The average Bonchev–Trinajstić information content (AvgIpc) is 2.99. The lowest BCUT2D eigenvalue weighted by molar-refractivity contribution is -0.173. The number of carbonyl (C=O) groups is 1. The van der Waals surface area contributed by atoms with Crippen molar-refractivity contribution in [1.29, 1.82) is 0 Å². The first-order valence-electron chi connectivity index (χ1n) is 6.83. The molecule has 0 saturated heterocycles. The summed E-state index contributed by atoms with van der Waals surface area (Å²) in [5.74, 6) is -1.34. The molecule has 1 aliphatic heterocycles. The highest BCUT2D eigenvalue weighted by atomic mass is 19.4. The Labute approximate surface area is 128 Å². The van der Waals surface area contributed by atoms with Gasteiger partial charge in [-0.3, -0.25) is 4.68 Å². The van der Waals surface area contributed by atoms with Crippen molar-refractivity contribution in [3.63, 3.8) is 0 Å². The second kappa shape index (κ2) is 5.00. The largest absolute Gasteiger partial charge is 0.476 e. The van der Waals surface area contributed by atoms with E-state index in [2.05, 4.69) is 15.5 Å². The Balaban J connectivity index is 2.05. The molecule has 3 heterocycles. The average molecular weight is 329 g/mol. The maximum absolute atomic E-state index is 13.4. The topological polar surface area (TPSA) is 85.0 Å². The highest BCUT2D eigenvalue weighted by Gasteiger charge is 2.47. The lowest BCUT2D eigenvalue weighted by Gasteiger charge is -2.33. The number of aromatic nitrogens is 4. The van der Waals surface area contributed by atoms with Crippen molar-refractivity contribution in [1.82, 2.24) is 19.6 Å². The lowest BCUT2D eigenvalue weighted by atomic mass is 9.97. The van der Waals surface area contributed by atoms with E-state index in [0.717, 1.165) is 6.07 Å². The Bertz CT molecular complexity index is 764. The van der Waals surface area contributed by atoms with Gasteiger partial charge in [-0.15, -0.1) is 0 Å². The molecule has 10 heteroatoms. The normalized spacial score (nSPS) is 20.9. The van der Waals surface area contributed by atoms with Gasteiger partial charge in [-0.1, -0.05) is 0 Å². The van der Waals surface area contributed by atoms with Crippen molar-refractivity contribution in [3.05, 3.63) is 29.2 Å². The number of nitrogens with zero attached hydrogens (tertiary/aromatic N) is 4. The molecule has 0 bridgehead atoms. The van der Waals surface area contributed by atoms with Gasteiger partial charge in [-0.2, -0.15) is 23.4 Å². The Morgan fingerprint density at radius 2 is 2.13 bits per heavy atom. The fourth-order valence-electron chi connectivity index (χ4n) is 2.84. The SMILES string of the molecule is Cc1nn(C)cc1C1CC(C(F)(F)F)n2nc(C(=O)O)cc2N1. The second-order valence-electron chi connectivity index (χ2n) is 5.50. The van der Waals surface area contributed by atoms with Gasteiger partial charge in [-0.05, 0) is 6.92 Å². The molecule has 2 aromatic rings. The Kier molecular flexibility index (Phi) is 3.34. The van der Waals surface area contributed by atoms with Gasteiger partial charge in [0, 0.05) is 31.3 Å². The van der Waals surface area contributed by atoms with E-state index < -0.39 is 29.9 Å². The van der Waals surface area contributed by atoms with Gasteiger partial charge in [0.2, 0.25) is 0 Å². The molecule has 2 aromatic heterocycles. The predicted molar refractivity (Wildman–Crippen MR) is 73.2 cm³/mol. The van der Waals surface area contributed by atoms with Crippen LogP contribution >= 0.6 is 0 Å². The molecule has 7 nitrogen and oxygen atoms in total. The van der Waals surface area contributed by atoms with Crippen LogP contribution in [0.4, 0.5) is 19.0 Å². The summed E-state index contributed by atoms with van der Waals surface area (Å²) in [7, 11) is 1.69. The van der Waals surface area contributed by atoms with Crippen molar-refractivity contribution in [3.8, 4) is 0 Å². The van der Waals surface area contributed by atoms with Crippen LogP contribution in [0.3, 0.4) is 0 Å². The highest BCUT2D eigenvalue weighted by molar-refractivity contribution is 5.86. The van der Waals surface area contributed by atoms with Gasteiger partial charge in [0.05, 0.1) is 11.7 Å². The van der Waals surface area contributed by atoms with Gasteiger partial charge in [0.1, 0.15) is 5.82 Å². The summed E-state index contributed by atoms with van der Waals surface area (Å²) in [6.45, 7) is 1.72. The van der Waals surface area contributed by atoms with E-state index in [1.165, 1.54) is 4.68 Å². The van der Waals surface area contributed by atoms with Crippen LogP contribution in [0.25, 0.3) is 0 Å². The third kappa shape index (κ3) is 2.64. The van der Waals surface area contributed by atoms with E-state index in [9.17, 15) is 18.0 Å². The third-order valence-electron chi connectivity index (χ3n) is 3.84. The minimum absolute atomic E-state index is 0.0317. The van der Waals surface area contributed by atoms with E-state index in [4.69, 9.17) is 5.11 Å². The van der Waals surface area contributed by atoms with Gasteiger partial charge >= 0.3 is 12.1 Å². The number of nitrogens with one attached hydrogen (secondary N) is 1. The number of halogens is 3. The van der Waals surface area contributed by atoms with Gasteiger partial charge in [0.25, 0.3) is 0 Å². The van der Waals surface area contributed by atoms with Crippen molar-refractivity contribution in [2.24, 2.45) is 7.05 Å². The molecule has 0 fully saturated rings. The number of aromatic carboxylic acids is 1. The van der Waals surface area contributed by atoms with Gasteiger partial charge in [-0.25, -0.2) is 9.48 Å². The van der Waals surface area contributed by atoms with Crippen LogP contribution in [0.15, 0.2) is 12.3 Å². The number of rotatable bonds is 2. The van der Waals surface area contributed by atoms with Crippen LogP contribution in [0, 0.1) is 6.92 Å². The van der Waals surface area contributed by atoms with Crippen LogP contribution in [-0.4, -0.2) is 36.8 Å². The maximum Gasteiger partial charge on any atom is 0.410 e. The number of anilines is 1. The summed E-state index contributed by atoms with van der Waals surface area (Å²) in [6.07, 6.45) is -3.17. The molecule has 0 aliphatic carbocycles. The second-order valence-corrected chi connectivity index (χ2v) is 5.50. The zero-order valence-corrected chi connectivity index (χ0v) is 12.3. The molecule has 2 N–H and O–H groups in total. The number of carboxylic acid groups (broad SMARTS) is 1. The van der Waals surface area contributed by atoms with Crippen molar-refractivity contribution >= 4 is 11.8 Å². The number of hydrogen-bond donors (Lipinski definition) is 2. The maximum atomic E-state index is 13.4. The van der Waals surface area contributed by atoms with Crippen LogP contribution in [0.1, 0.15) is 40.3 Å². The van der Waals surface area contributed by atoms with Crippen molar-refractivity contribution in [2.45, 2.75) is 31.6 Å². The zero-order chi connectivity index (χ0) is 16.9. The third-order valence-corrected chi connectivity index (χ3v) is 3.84. The zero-order valence-electron chi connectivity index (χ0n) is 12.3. The Morgan fingerprint density at radius 3 is 2.65 bits per heavy atom. The quantitative estimate of drug-likeness (QED) is 0.883. The highest BCUT2D eigenvalue weighted by Crippen LogP contribution is 2.43. The molecule has 2 unspecified atom stereocenters. The summed E-state index contributed by atoms with van der Waals surface area (Å²) in [5, 5.41) is 19.6. The summed E-state index contributed by atoms with van der Waals surface area (Å²) in [6, 6.07) is -1.41. The first-order valence-corrected chi connectivity index (χ1v) is 6.83. The molecule has 3 rings (SSSR count). The summed E-state index contributed by atoms with van der Waals surface area (Å²) in [5.41, 5.74) is 0.841. The smallest absolute Gasteiger partial charge is 0.410 e. The molecule has 1 aliphatic rings. The number of aryl methyl sites for hydroxylation is 2. The van der Waals surface area contributed by atoms with Crippen molar-refractivity contribution < 1.29 is 23.1 Å². The molecule has 0 amide bonds. The molecule has 2 atom stereocenters. The minimum Gasteiger partial charge on any atom is -0.476 e. The molecule has 124 valence electrons. The molecular formula is C13H14F3N5O2. The van der Waals surface area contributed by atoms with E-state index in [1.54, 1.807) is 20.2 Å². The number of fused-ring (bicyclic) bond motifs is 1. The number of alkyl halides is 3. The predicted octanol–water partition coefficient (Wildman–Crippen LogP) is 2.28. The Morgan fingerprint density at radius 1 is 1.43 bits per heavy atom. The van der Waals surface area contributed by atoms with Gasteiger partial charge in [0.15, 0.2) is 11.7 Å². The fraction of sp³-hybridized carbons (Fsp3) is 0.462. The summed E-state index contributed by atoms with van der Waals surface area (Å²) < 4.78 is 42.3. The number of carboxylic acids is 1. The van der Waals surface area contributed by atoms with Crippen LogP contribution < -0.4 is 5.32 Å². The lowest BCUT2D eigenvalue weighted by Crippen LogP contribution is -2.35. The van der Waals surface area contributed by atoms with Crippen LogP contribution in [-0.2, 0) is 7.05 Å². The Hall–Kier alpha value is -2.52. The van der Waals surface area contributed by atoms with Gasteiger partial charge < -0.3 is 10.4 Å². The number of hydrogen-bond acceptors (Lipinski definition) is 4. The molecular weight excluding hydrogens is 315 g/mol. The van der Waals surface area contributed by atoms with Crippen LogP contribution in [0.5, 0.6) is 0 Å². The minimum atomic E-state index is -4.53. The van der Waals surface area contributed by atoms with E-state index >= 15 is 0 Å². The van der Waals surface area contributed by atoms with E-state index in [1.807, 2.05) is 0 Å². The summed E-state index contributed by atoms with van der Waals surface area (Å²) in [4.78, 5) is 11.0. The molecule has 0 radical (unpaired) electrons. The first-order chi connectivity index (χ1) is 10.7. The monoisotopic (exact) mass is 329 g/mol. The molecule has 0 aromatic carbocycles. The van der Waals surface area contributed by atoms with Crippen LogP contribution in [0.2, 0.25) is 0 Å². The fourth-order valence-corrected chi connectivity index (χ4v) is 2.84. The van der Waals surface area contributed by atoms with E-state index in [0.29, 0.717) is 15.9 Å².